The highest BCUT2D eigenvalue weighted by molar-refractivity contribution is 5.97. The Bertz CT molecular complexity index is 968. The normalized spacial score (nSPS) is 11.4. The van der Waals surface area contributed by atoms with Gasteiger partial charge in [-0.3, -0.25) is 4.79 Å². The molecule has 0 aromatic heterocycles. The number of ether oxygens (including phenoxy) is 2. The van der Waals surface area contributed by atoms with Crippen LogP contribution >= 0.6 is 0 Å². The van der Waals surface area contributed by atoms with E-state index in [0.29, 0.717) is 22.7 Å². The van der Waals surface area contributed by atoms with E-state index in [2.05, 4.69) is 12.2 Å². The number of rotatable bonds is 7. The summed E-state index contributed by atoms with van der Waals surface area (Å²) < 4.78 is 11.0. The van der Waals surface area contributed by atoms with Crippen molar-refractivity contribution in [2.24, 2.45) is 0 Å². The predicted octanol–water partition coefficient (Wildman–Crippen LogP) is 5.23. The number of carbonyl (C=O) groups is 2. The first-order chi connectivity index (χ1) is 14.0. The molecule has 0 aliphatic carbocycles. The molecule has 3 aromatic carbocycles. The molecule has 0 fully saturated rings. The van der Waals surface area contributed by atoms with E-state index in [1.54, 1.807) is 24.3 Å². The van der Waals surface area contributed by atoms with Crippen molar-refractivity contribution < 1.29 is 19.1 Å². The fourth-order valence-corrected chi connectivity index (χ4v) is 2.66. The van der Waals surface area contributed by atoms with Gasteiger partial charge >= 0.3 is 5.97 Å². The lowest BCUT2D eigenvalue weighted by Crippen LogP contribution is -2.30. The maximum absolute atomic E-state index is 12.4. The van der Waals surface area contributed by atoms with E-state index in [-0.39, 0.29) is 5.91 Å². The Morgan fingerprint density at radius 1 is 0.897 bits per heavy atom. The second-order valence-corrected chi connectivity index (χ2v) is 6.53. The molecular weight excluding hydrogens is 366 g/mol. The lowest BCUT2D eigenvalue weighted by Gasteiger charge is -2.14. The summed E-state index contributed by atoms with van der Waals surface area (Å²) >= 11 is 0. The third-order valence-corrected chi connectivity index (χ3v) is 4.33. The number of nitrogens with one attached hydrogen (secondary N) is 1. The molecule has 0 radical (unpaired) electrons. The van der Waals surface area contributed by atoms with Gasteiger partial charge in [0, 0.05) is 5.69 Å². The molecule has 0 saturated carbocycles. The van der Waals surface area contributed by atoms with Crippen LogP contribution in [0.4, 0.5) is 5.69 Å². The van der Waals surface area contributed by atoms with Gasteiger partial charge in [-0.25, -0.2) is 4.79 Å². The first-order valence-corrected chi connectivity index (χ1v) is 9.49. The molecule has 0 unspecified atom stereocenters. The number of esters is 1. The van der Waals surface area contributed by atoms with E-state index < -0.39 is 12.1 Å². The molecule has 0 aliphatic heterocycles. The van der Waals surface area contributed by atoms with Crippen molar-refractivity contribution in [1.29, 1.82) is 0 Å². The quantitative estimate of drug-likeness (QED) is 0.562. The van der Waals surface area contributed by atoms with Gasteiger partial charge in [-0.15, -0.1) is 0 Å². The Hall–Kier alpha value is -3.60. The van der Waals surface area contributed by atoms with Crippen molar-refractivity contribution in [3.8, 4) is 11.5 Å². The zero-order valence-corrected chi connectivity index (χ0v) is 16.4. The molecule has 1 N–H and O–H groups in total. The molecule has 5 heteroatoms. The molecule has 0 bridgehead atoms. The second kappa shape index (κ2) is 9.55. The number of carbonyl (C=O) groups excluding carboxylic acids is 2. The monoisotopic (exact) mass is 389 g/mol. The molecular formula is C24H23NO4. The molecule has 0 spiro atoms. The SMILES string of the molecule is CCc1ccc(NC(=O)[C@H](C)OC(=O)c2cccc(Oc3ccccc3)c2)cc1. The van der Waals surface area contributed by atoms with Gasteiger partial charge < -0.3 is 14.8 Å². The second-order valence-electron chi connectivity index (χ2n) is 6.53. The predicted molar refractivity (Wildman–Crippen MR) is 112 cm³/mol. The van der Waals surface area contributed by atoms with Crippen LogP contribution in [0.15, 0.2) is 78.9 Å². The third-order valence-electron chi connectivity index (χ3n) is 4.33. The number of aryl methyl sites for hydroxylation is 1. The average Bonchev–Trinajstić information content (AvgIpc) is 2.75. The molecule has 29 heavy (non-hydrogen) atoms. The smallest absolute Gasteiger partial charge is 0.339 e. The minimum atomic E-state index is -0.938. The Kier molecular flexibility index (Phi) is 6.63. The van der Waals surface area contributed by atoms with Crippen LogP contribution in [0.3, 0.4) is 0 Å². The summed E-state index contributed by atoms with van der Waals surface area (Å²) in [6.45, 7) is 3.60. The Labute approximate surface area is 170 Å². The molecule has 3 aromatic rings. The summed E-state index contributed by atoms with van der Waals surface area (Å²) in [5.41, 5.74) is 2.15. The number of benzene rings is 3. The number of hydrogen-bond donors (Lipinski definition) is 1. The van der Waals surface area contributed by atoms with Crippen molar-refractivity contribution in [2.45, 2.75) is 26.4 Å². The number of anilines is 1. The minimum absolute atomic E-state index is 0.311. The van der Waals surface area contributed by atoms with Gasteiger partial charge in [-0.2, -0.15) is 0 Å². The fraction of sp³-hybridized carbons (Fsp3) is 0.167. The summed E-state index contributed by atoms with van der Waals surface area (Å²) in [6.07, 6.45) is -0.0120. The van der Waals surface area contributed by atoms with Crippen LogP contribution in [0.25, 0.3) is 0 Å². The standard InChI is InChI=1S/C24H23NO4/c1-3-18-12-14-20(15-13-18)25-23(26)17(2)28-24(27)19-8-7-11-22(16-19)29-21-9-5-4-6-10-21/h4-17H,3H2,1-2H3,(H,25,26)/t17-/m0/s1. The first-order valence-electron chi connectivity index (χ1n) is 9.49. The first kappa shape index (κ1) is 20.1. The van der Waals surface area contributed by atoms with Gasteiger partial charge in [0.1, 0.15) is 11.5 Å². The van der Waals surface area contributed by atoms with Crippen LogP contribution in [0, 0.1) is 0 Å². The van der Waals surface area contributed by atoms with E-state index in [1.165, 1.54) is 12.5 Å². The highest BCUT2D eigenvalue weighted by Crippen LogP contribution is 2.22. The van der Waals surface area contributed by atoms with Crippen LogP contribution in [-0.4, -0.2) is 18.0 Å². The Morgan fingerprint density at radius 3 is 2.28 bits per heavy atom. The Morgan fingerprint density at radius 2 is 1.59 bits per heavy atom. The highest BCUT2D eigenvalue weighted by atomic mass is 16.5. The summed E-state index contributed by atoms with van der Waals surface area (Å²) in [4.78, 5) is 24.8. The van der Waals surface area contributed by atoms with E-state index in [1.807, 2.05) is 54.6 Å². The molecule has 3 rings (SSSR count). The number of para-hydroxylation sites is 1. The third kappa shape index (κ3) is 5.69. The molecule has 148 valence electrons. The summed E-state index contributed by atoms with van der Waals surface area (Å²) in [6, 6.07) is 23.5. The minimum Gasteiger partial charge on any atom is -0.457 e. The zero-order chi connectivity index (χ0) is 20.6. The van der Waals surface area contributed by atoms with Gasteiger partial charge in [0.15, 0.2) is 6.10 Å². The van der Waals surface area contributed by atoms with E-state index in [9.17, 15) is 9.59 Å². The Balaban J connectivity index is 1.59. The van der Waals surface area contributed by atoms with Gasteiger partial charge in [0.05, 0.1) is 5.56 Å². The molecule has 5 nitrogen and oxygen atoms in total. The maximum Gasteiger partial charge on any atom is 0.339 e. The van der Waals surface area contributed by atoms with Crippen molar-refractivity contribution in [3.05, 3.63) is 90.0 Å². The number of hydrogen-bond acceptors (Lipinski definition) is 4. The summed E-state index contributed by atoms with van der Waals surface area (Å²) in [7, 11) is 0. The largest absolute Gasteiger partial charge is 0.457 e. The molecule has 0 heterocycles. The van der Waals surface area contributed by atoms with Crippen LogP contribution in [0.5, 0.6) is 11.5 Å². The number of amides is 1. The van der Waals surface area contributed by atoms with E-state index in [0.717, 1.165) is 6.42 Å². The molecule has 1 atom stereocenters. The van der Waals surface area contributed by atoms with Crippen molar-refractivity contribution in [2.75, 3.05) is 5.32 Å². The topological polar surface area (TPSA) is 64.6 Å². The van der Waals surface area contributed by atoms with E-state index in [4.69, 9.17) is 9.47 Å². The molecule has 1 amide bonds. The fourth-order valence-electron chi connectivity index (χ4n) is 2.66. The van der Waals surface area contributed by atoms with Crippen molar-refractivity contribution in [1.82, 2.24) is 0 Å². The van der Waals surface area contributed by atoms with Crippen LogP contribution in [0.1, 0.15) is 29.8 Å². The highest BCUT2D eigenvalue weighted by Gasteiger charge is 2.19. The average molecular weight is 389 g/mol. The summed E-state index contributed by atoms with van der Waals surface area (Å²) in [5, 5.41) is 2.75. The zero-order valence-electron chi connectivity index (χ0n) is 16.4. The van der Waals surface area contributed by atoms with Gasteiger partial charge in [0.2, 0.25) is 0 Å². The van der Waals surface area contributed by atoms with Gasteiger partial charge in [-0.05, 0) is 61.4 Å². The van der Waals surface area contributed by atoms with Crippen molar-refractivity contribution in [3.63, 3.8) is 0 Å². The van der Waals surface area contributed by atoms with E-state index >= 15 is 0 Å². The van der Waals surface area contributed by atoms with Crippen LogP contribution < -0.4 is 10.1 Å². The van der Waals surface area contributed by atoms with Crippen molar-refractivity contribution >= 4 is 17.6 Å². The van der Waals surface area contributed by atoms with Crippen LogP contribution in [-0.2, 0) is 16.0 Å². The van der Waals surface area contributed by atoms with Gasteiger partial charge in [-0.1, -0.05) is 43.3 Å². The summed E-state index contributed by atoms with van der Waals surface area (Å²) in [5.74, 6) is 0.199. The molecule has 0 aliphatic rings. The van der Waals surface area contributed by atoms with Gasteiger partial charge in [0.25, 0.3) is 5.91 Å². The lowest BCUT2D eigenvalue weighted by atomic mass is 10.1. The van der Waals surface area contributed by atoms with Crippen LogP contribution in [0.2, 0.25) is 0 Å². The molecule has 0 saturated heterocycles. The lowest BCUT2D eigenvalue weighted by molar-refractivity contribution is -0.123. The maximum atomic E-state index is 12.4.